The van der Waals surface area contributed by atoms with Crippen LogP contribution in [-0.2, 0) is 9.59 Å². The molecule has 6 nitrogen and oxygen atoms in total. The number of aliphatic carboxylic acids is 2. The van der Waals surface area contributed by atoms with Gasteiger partial charge in [0.05, 0.1) is 13.2 Å². The molecular formula is C21H44O6. The molecule has 4 N–H and O–H groups in total. The number of carboxylic acids is 2. The van der Waals surface area contributed by atoms with E-state index in [1.807, 2.05) is 0 Å². The molecule has 0 saturated heterocycles. The zero-order valence-electron chi connectivity index (χ0n) is 18.3. The molecule has 0 aliphatic carbocycles. The summed E-state index contributed by atoms with van der Waals surface area (Å²) in [6.45, 7) is 12.3. The fourth-order valence-corrected chi connectivity index (χ4v) is 1.71. The maximum atomic E-state index is 10.0. The molecule has 0 aromatic heterocycles. The average Bonchev–Trinajstić information content (AvgIpc) is 2.56. The molecule has 6 heteroatoms. The summed E-state index contributed by atoms with van der Waals surface area (Å²) >= 11 is 0. The Balaban J connectivity index is -0.000000326. The summed E-state index contributed by atoms with van der Waals surface area (Å²) < 4.78 is 0. The molecule has 0 amide bonds. The van der Waals surface area contributed by atoms with Gasteiger partial charge in [-0.2, -0.15) is 0 Å². The molecule has 0 rings (SSSR count). The Kier molecular flexibility index (Phi) is 22.2. The lowest BCUT2D eigenvalue weighted by Gasteiger charge is -2.16. The summed E-state index contributed by atoms with van der Waals surface area (Å²) in [5, 5.41) is 33.4. The van der Waals surface area contributed by atoms with Crippen LogP contribution in [0.3, 0.4) is 0 Å². The number of hydrogen-bond donors (Lipinski definition) is 4. The summed E-state index contributed by atoms with van der Waals surface area (Å²) in [4.78, 5) is 20.1. The van der Waals surface area contributed by atoms with Crippen LogP contribution in [-0.4, -0.2) is 45.6 Å². The lowest BCUT2D eigenvalue weighted by molar-refractivity contribution is -0.138. The normalized spacial score (nSPS) is 10.7. The Morgan fingerprint density at radius 1 is 0.704 bits per heavy atom. The predicted octanol–water partition coefficient (Wildman–Crippen LogP) is 4.57. The lowest BCUT2D eigenvalue weighted by atomic mass is 9.97. The van der Waals surface area contributed by atoms with E-state index in [-0.39, 0.29) is 18.6 Å². The van der Waals surface area contributed by atoms with Crippen molar-refractivity contribution in [2.75, 3.05) is 13.2 Å². The minimum Gasteiger partial charge on any atom is -0.481 e. The molecule has 0 aliphatic heterocycles. The number of carbonyl (C=O) groups is 2. The van der Waals surface area contributed by atoms with Crippen LogP contribution in [0, 0.1) is 17.3 Å². The molecule has 0 heterocycles. The standard InChI is InChI=1S/2C8H16O2.C5H12O2/c2*1-7(2)5-3-4-6-8(9)10;1-5(2,3-6)4-7/h2*7H,3-6H2,1-2H3,(H,9,10);6-7H,3-4H2,1-2H3. The molecule has 164 valence electrons. The van der Waals surface area contributed by atoms with Crippen LogP contribution < -0.4 is 0 Å². The zero-order valence-corrected chi connectivity index (χ0v) is 18.3. The monoisotopic (exact) mass is 392 g/mol. The van der Waals surface area contributed by atoms with Crippen molar-refractivity contribution in [3.05, 3.63) is 0 Å². The van der Waals surface area contributed by atoms with Gasteiger partial charge in [0.25, 0.3) is 0 Å². The maximum absolute atomic E-state index is 10.0. The van der Waals surface area contributed by atoms with E-state index >= 15 is 0 Å². The third-order valence-corrected chi connectivity index (χ3v) is 3.70. The third-order valence-electron chi connectivity index (χ3n) is 3.70. The van der Waals surface area contributed by atoms with Crippen LogP contribution in [0.5, 0.6) is 0 Å². The highest BCUT2D eigenvalue weighted by molar-refractivity contribution is 5.66. The van der Waals surface area contributed by atoms with E-state index in [2.05, 4.69) is 27.7 Å². The zero-order chi connectivity index (χ0) is 21.9. The number of hydrogen-bond acceptors (Lipinski definition) is 4. The predicted molar refractivity (Wildman–Crippen MR) is 110 cm³/mol. The Morgan fingerprint density at radius 2 is 1.00 bits per heavy atom. The van der Waals surface area contributed by atoms with Crippen molar-refractivity contribution in [3.63, 3.8) is 0 Å². The number of aliphatic hydroxyl groups excluding tert-OH is 2. The van der Waals surface area contributed by atoms with Gasteiger partial charge in [-0.15, -0.1) is 0 Å². The average molecular weight is 393 g/mol. The molecular weight excluding hydrogens is 348 g/mol. The fourth-order valence-electron chi connectivity index (χ4n) is 1.71. The largest absolute Gasteiger partial charge is 0.481 e. The van der Waals surface area contributed by atoms with E-state index in [0.29, 0.717) is 24.7 Å². The van der Waals surface area contributed by atoms with E-state index in [4.69, 9.17) is 20.4 Å². The minimum absolute atomic E-state index is 0.0451. The number of unbranched alkanes of at least 4 members (excludes halogenated alkanes) is 2. The smallest absolute Gasteiger partial charge is 0.303 e. The van der Waals surface area contributed by atoms with Gasteiger partial charge < -0.3 is 20.4 Å². The maximum Gasteiger partial charge on any atom is 0.303 e. The van der Waals surface area contributed by atoms with Gasteiger partial charge in [-0.05, 0) is 24.7 Å². The van der Waals surface area contributed by atoms with Crippen LogP contribution >= 0.6 is 0 Å². The molecule has 0 radical (unpaired) electrons. The van der Waals surface area contributed by atoms with Crippen molar-refractivity contribution < 1.29 is 30.0 Å². The first-order valence-corrected chi connectivity index (χ1v) is 10.0. The van der Waals surface area contributed by atoms with Crippen LogP contribution in [0.2, 0.25) is 0 Å². The topological polar surface area (TPSA) is 115 Å². The Hall–Kier alpha value is -1.14. The Bertz CT molecular complexity index is 319. The first kappa shape index (κ1) is 30.6. The van der Waals surface area contributed by atoms with Gasteiger partial charge >= 0.3 is 11.9 Å². The van der Waals surface area contributed by atoms with Crippen molar-refractivity contribution in [3.8, 4) is 0 Å². The van der Waals surface area contributed by atoms with E-state index in [0.717, 1.165) is 38.5 Å². The molecule has 0 saturated carbocycles. The first-order chi connectivity index (χ1) is 12.4. The molecule has 0 aromatic carbocycles. The van der Waals surface area contributed by atoms with Crippen LogP contribution in [0.1, 0.15) is 92.9 Å². The lowest BCUT2D eigenvalue weighted by Crippen LogP contribution is -2.20. The van der Waals surface area contributed by atoms with Gasteiger partial charge in [0.2, 0.25) is 0 Å². The second-order valence-electron chi connectivity index (χ2n) is 8.55. The second kappa shape index (κ2) is 19.6. The van der Waals surface area contributed by atoms with Crippen molar-refractivity contribution >= 4 is 11.9 Å². The van der Waals surface area contributed by atoms with Gasteiger partial charge in [-0.1, -0.05) is 67.2 Å². The van der Waals surface area contributed by atoms with Crippen LogP contribution in [0.15, 0.2) is 0 Å². The summed E-state index contributed by atoms with van der Waals surface area (Å²) in [6, 6.07) is 0. The number of carboxylic acid groups (broad SMARTS) is 2. The number of aliphatic hydroxyl groups is 2. The Labute approximate surface area is 166 Å². The first-order valence-electron chi connectivity index (χ1n) is 10.0. The number of rotatable bonds is 12. The second-order valence-corrected chi connectivity index (χ2v) is 8.55. The highest BCUT2D eigenvalue weighted by Crippen LogP contribution is 2.10. The van der Waals surface area contributed by atoms with Gasteiger partial charge in [0.1, 0.15) is 0 Å². The van der Waals surface area contributed by atoms with Crippen molar-refractivity contribution in [2.45, 2.75) is 92.9 Å². The molecule has 0 fully saturated rings. The summed E-state index contributed by atoms with van der Waals surface area (Å²) in [6.07, 6.45) is 6.69. The Morgan fingerprint density at radius 3 is 1.15 bits per heavy atom. The van der Waals surface area contributed by atoms with Gasteiger partial charge in [0, 0.05) is 18.3 Å². The van der Waals surface area contributed by atoms with Gasteiger partial charge in [0.15, 0.2) is 0 Å². The molecule has 0 aromatic rings. The van der Waals surface area contributed by atoms with E-state index in [9.17, 15) is 9.59 Å². The summed E-state index contributed by atoms with van der Waals surface area (Å²) in [5.41, 5.74) is -0.306. The van der Waals surface area contributed by atoms with E-state index in [1.165, 1.54) is 0 Å². The van der Waals surface area contributed by atoms with Gasteiger partial charge in [-0.3, -0.25) is 9.59 Å². The molecule has 0 spiro atoms. The molecule has 27 heavy (non-hydrogen) atoms. The fraction of sp³-hybridized carbons (Fsp3) is 0.905. The van der Waals surface area contributed by atoms with Gasteiger partial charge in [-0.25, -0.2) is 0 Å². The van der Waals surface area contributed by atoms with E-state index < -0.39 is 11.9 Å². The van der Waals surface area contributed by atoms with Crippen LogP contribution in [0.25, 0.3) is 0 Å². The molecule has 0 atom stereocenters. The van der Waals surface area contributed by atoms with Crippen molar-refractivity contribution in [1.82, 2.24) is 0 Å². The quantitative estimate of drug-likeness (QED) is 0.362. The molecule has 0 bridgehead atoms. The SMILES string of the molecule is CC(C)(CO)CO.CC(C)CCCCC(=O)O.CC(C)CCCCC(=O)O. The van der Waals surface area contributed by atoms with E-state index in [1.54, 1.807) is 13.8 Å². The summed E-state index contributed by atoms with van der Waals surface area (Å²) in [5.74, 6) is 0.0510. The third kappa shape index (κ3) is 36.5. The molecule has 0 unspecified atom stereocenters. The minimum atomic E-state index is -0.677. The van der Waals surface area contributed by atoms with Crippen molar-refractivity contribution in [2.24, 2.45) is 17.3 Å². The van der Waals surface area contributed by atoms with Crippen LogP contribution in [0.4, 0.5) is 0 Å². The highest BCUT2D eigenvalue weighted by atomic mass is 16.4. The highest BCUT2D eigenvalue weighted by Gasteiger charge is 2.13. The summed E-state index contributed by atoms with van der Waals surface area (Å²) in [7, 11) is 0. The van der Waals surface area contributed by atoms with Crippen molar-refractivity contribution in [1.29, 1.82) is 0 Å². The molecule has 0 aliphatic rings.